The molecule has 0 fully saturated rings. The number of benzene rings is 9. The Morgan fingerprint density at radius 2 is 0.859 bits per heavy atom. The molecule has 0 saturated heterocycles. The summed E-state index contributed by atoms with van der Waals surface area (Å²) >= 11 is 0. The number of para-hydroxylation sites is 6. The average molecular weight is 912 g/mol. The largest absolute Gasteiger partial charge is 0.334 e. The molecule has 0 spiro atoms. The van der Waals surface area contributed by atoms with Crippen molar-refractivity contribution in [1.82, 2.24) is 13.7 Å². The molecule has 338 valence electrons. The molecule has 0 saturated carbocycles. The van der Waals surface area contributed by atoms with Gasteiger partial charge in [0, 0.05) is 78.1 Å². The van der Waals surface area contributed by atoms with E-state index >= 15 is 0 Å². The highest BCUT2D eigenvalue weighted by molar-refractivity contribution is 6.14. The molecule has 14 rings (SSSR count). The van der Waals surface area contributed by atoms with Crippen molar-refractivity contribution in [2.75, 3.05) is 9.80 Å². The van der Waals surface area contributed by atoms with Crippen molar-refractivity contribution in [2.45, 2.75) is 25.3 Å². The van der Waals surface area contributed by atoms with Crippen LogP contribution in [0.1, 0.15) is 24.1 Å². The minimum atomic E-state index is 0.0651. The smallest absolute Gasteiger partial charge is 0.0567 e. The average Bonchev–Trinajstić information content (AvgIpc) is 4.07. The van der Waals surface area contributed by atoms with Crippen molar-refractivity contribution < 1.29 is 0 Å². The first kappa shape index (κ1) is 41.0. The minimum absolute atomic E-state index is 0.0651. The molecule has 0 bridgehead atoms. The van der Waals surface area contributed by atoms with Gasteiger partial charge in [-0.25, -0.2) is 0 Å². The van der Waals surface area contributed by atoms with E-state index in [9.17, 15) is 0 Å². The molecule has 1 atom stereocenters. The number of nitrogens with zero attached hydrogens (tertiary/aromatic N) is 5. The van der Waals surface area contributed by atoms with Gasteiger partial charge in [-0.3, -0.25) is 0 Å². The summed E-state index contributed by atoms with van der Waals surface area (Å²) in [7, 11) is 0. The number of hydrogen-bond acceptors (Lipinski definition) is 2. The summed E-state index contributed by atoms with van der Waals surface area (Å²) in [6, 6.07) is 82.2. The lowest BCUT2D eigenvalue weighted by Gasteiger charge is -2.34. The lowest BCUT2D eigenvalue weighted by molar-refractivity contribution is 0.767. The molecule has 3 heterocycles. The number of hydrogen-bond donors (Lipinski definition) is 0. The van der Waals surface area contributed by atoms with E-state index in [1.807, 2.05) is 0 Å². The van der Waals surface area contributed by atoms with E-state index in [4.69, 9.17) is 0 Å². The van der Waals surface area contributed by atoms with Crippen LogP contribution in [0, 0.1) is 0 Å². The van der Waals surface area contributed by atoms with Crippen molar-refractivity contribution >= 4 is 94.7 Å². The Bertz CT molecular complexity index is 4080. The van der Waals surface area contributed by atoms with Gasteiger partial charge in [0.15, 0.2) is 0 Å². The maximum Gasteiger partial charge on any atom is 0.0567 e. The van der Waals surface area contributed by atoms with Crippen molar-refractivity contribution in [3.8, 4) is 11.4 Å². The zero-order valence-electron chi connectivity index (χ0n) is 39.2. The third-order valence-corrected chi connectivity index (χ3v) is 14.7. The molecule has 2 aliphatic carbocycles. The maximum atomic E-state index is 2.55. The highest BCUT2D eigenvalue weighted by atomic mass is 15.2. The van der Waals surface area contributed by atoms with E-state index < -0.39 is 0 Å². The number of allylic oxidation sites excluding steroid dienone is 4. The van der Waals surface area contributed by atoms with E-state index in [1.54, 1.807) is 0 Å². The van der Waals surface area contributed by atoms with Crippen LogP contribution in [0.5, 0.6) is 0 Å². The van der Waals surface area contributed by atoms with Crippen LogP contribution in [0.3, 0.4) is 0 Å². The third-order valence-electron chi connectivity index (χ3n) is 14.7. The van der Waals surface area contributed by atoms with Gasteiger partial charge in [0.05, 0.1) is 33.6 Å². The quantitative estimate of drug-likeness (QED) is 0.144. The highest BCUT2D eigenvalue weighted by Gasteiger charge is 2.29. The van der Waals surface area contributed by atoms with Crippen LogP contribution in [-0.2, 0) is 6.42 Å². The Morgan fingerprint density at radius 3 is 1.49 bits per heavy atom. The molecule has 0 radical (unpaired) electrons. The van der Waals surface area contributed by atoms with Crippen LogP contribution < -0.4 is 9.80 Å². The molecule has 1 unspecified atom stereocenters. The van der Waals surface area contributed by atoms with Crippen LogP contribution >= 0.6 is 0 Å². The fourth-order valence-electron chi connectivity index (χ4n) is 11.7. The third kappa shape index (κ3) is 6.76. The Morgan fingerprint density at radius 1 is 0.366 bits per heavy atom. The summed E-state index contributed by atoms with van der Waals surface area (Å²) in [5, 5.41) is 6.18. The Kier molecular flexibility index (Phi) is 9.73. The minimum Gasteiger partial charge on any atom is -0.334 e. The number of aromatic nitrogens is 3. The predicted molar refractivity (Wildman–Crippen MR) is 299 cm³/mol. The second-order valence-electron chi connectivity index (χ2n) is 18.8. The molecule has 9 aromatic carbocycles. The van der Waals surface area contributed by atoms with Crippen LogP contribution in [-0.4, -0.2) is 19.7 Å². The van der Waals surface area contributed by atoms with Crippen molar-refractivity contribution in [2.24, 2.45) is 0 Å². The van der Waals surface area contributed by atoms with Crippen molar-refractivity contribution in [1.29, 1.82) is 0 Å². The topological polar surface area (TPSA) is 21.3 Å². The monoisotopic (exact) mass is 911 g/mol. The molecule has 12 aromatic rings. The standard InChI is InChI=1S/C66H49N5/c1-6-20-46(21-7-1)67(51-34-38-63-57(42-51)55-30-16-18-32-61(55)69(63)48-24-10-3-11-25-48)53-36-40-65-59(44-53)60-45-54(37-41-66(60)71(65)50-28-14-5-15-29-50)68(47-22-8-2-9-23-47)52-35-39-64-58(43-52)56-31-17-19-33-62(56)70(64)49-26-12-4-13-27-49/h1-3,5-12,14-41,43-45,51H,4,13,42H2. The van der Waals surface area contributed by atoms with Crippen LogP contribution in [0.25, 0.3) is 77.7 Å². The van der Waals surface area contributed by atoms with Gasteiger partial charge in [-0.1, -0.05) is 127 Å². The summed E-state index contributed by atoms with van der Waals surface area (Å²) in [6.45, 7) is 0. The molecule has 71 heavy (non-hydrogen) atoms. The number of anilines is 5. The van der Waals surface area contributed by atoms with Crippen LogP contribution in [0.4, 0.5) is 28.4 Å². The van der Waals surface area contributed by atoms with Gasteiger partial charge < -0.3 is 23.5 Å². The molecule has 3 aromatic heterocycles. The zero-order valence-corrected chi connectivity index (χ0v) is 39.2. The first-order valence-electron chi connectivity index (χ1n) is 24.8. The molecular formula is C66H49N5. The lowest BCUT2D eigenvalue weighted by atomic mass is 9.94. The summed E-state index contributed by atoms with van der Waals surface area (Å²) in [6.07, 6.45) is 14.7. The van der Waals surface area contributed by atoms with E-state index in [2.05, 4.69) is 278 Å². The number of rotatable bonds is 9. The van der Waals surface area contributed by atoms with Gasteiger partial charge in [-0.15, -0.1) is 0 Å². The van der Waals surface area contributed by atoms with Gasteiger partial charge in [-0.05, 0) is 152 Å². The van der Waals surface area contributed by atoms with Crippen molar-refractivity contribution in [3.05, 3.63) is 260 Å². The van der Waals surface area contributed by atoms with E-state index in [1.165, 1.54) is 71.6 Å². The fourth-order valence-corrected chi connectivity index (χ4v) is 11.7. The molecule has 0 amide bonds. The van der Waals surface area contributed by atoms with Gasteiger partial charge >= 0.3 is 0 Å². The summed E-state index contributed by atoms with van der Waals surface area (Å²) < 4.78 is 7.29. The molecular weight excluding hydrogens is 863 g/mol. The lowest BCUT2D eigenvalue weighted by Crippen LogP contribution is -2.33. The van der Waals surface area contributed by atoms with Crippen molar-refractivity contribution in [3.63, 3.8) is 0 Å². The van der Waals surface area contributed by atoms with Gasteiger partial charge in [0.2, 0.25) is 0 Å². The van der Waals surface area contributed by atoms with Gasteiger partial charge in [0.1, 0.15) is 0 Å². The summed E-state index contributed by atoms with van der Waals surface area (Å²) in [4.78, 5) is 4.97. The fraction of sp³-hybridized carbons (Fsp3) is 0.0606. The maximum absolute atomic E-state index is 2.55. The van der Waals surface area contributed by atoms with E-state index in [0.717, 1.165) is 58.9 Å². The highest BCUT2D eigenvalue weighted by Crippen LogP contribution is 2.45. The number of fused-ring (bicyclic) bond motifs is 9. The van der Waals surface area contributed by atoms with Gasteiger partial charge in [0.25, 0.3) is 0 Å². The van der Waals surface area contributed by atoms with Gasteiger partial charge in [-0.2, -0.15) is 0 Å². The Labute approximate surface area is 413 Å². The Hall–Kier alpha value is -9.06. The second-order valence-corrected chi connectivity index (χ2v) is 18.8. The molecule has 0 aliphatic heterocycles. The molecule has 2 aliphatic rings. The normalized spacial score (nSPS) is 14.4. The predicted octanol–water partition coefficient (Wildman–Crippen LogP) is 17.3. The van der Waals surface area contributed by atoms with Crippen LogP contribution in [0.2, 0.25) is 0 Å². The zero-order chi connectivity index (χ0) is 46.8. The molecule has 0 N–H and O–H groups in total. The first-order chi connectivity index (χ1) is 35.2. The second kappa shape index (κ2) is 16.9. The van der Waals surface area contributed by atoms with E-state index in [0.29, 0.717) is 0 Å². The summed E-state index contributed by atoms with van der Waals surface area (Å²) in [5.74, 6) is 0. The van der Waals surface area contributed by atoms with E-state index in [-0.39, 0.29) is 6.04 Å². The SMILES string of the molecule is C1=CC(n2c3ccccc3c3cc(N(c4ccccc4)c4ccc5c(c4)c4cc(N(c6ccccc6)C6C=Cc7c(c8ccccc8n7-c7ccccc7)C6)ccc4n5-c4ccccc4)ccc32)=CCC1. The first-order valence-corrected chi connectivity index (χ1v) is 24.8. The molecule has 5 heteroatoms. The summed E-state index contributed by atoms with van der Waals surface area (Å²) in [5.41, 5.74) is 17.8. The van der Waals surface area contributed by atoms with Crippen LogP contribution in [0.15, 0.2) is 249 Å². The Balaban J connectivity index is 0.948. The molecule has 5 nitrogen and oxygen atoms in total.